The fraction of sp³-hybridized carbons (Fsp3) is 0.432. The SMILES string of the molecule is CC.CC.CC.CC.CC.CC.CC.CC.CN(c1ccc(I)cc1)c1ccccc1C(=O)O.CN(c1ccc(I)cc1)c1ccccc1CO. The van der Waals surface area contributed by atoms with Crippen molar-refractivity contribution in [3.63, 3.8) is 0 Å². The molecule has 0 atom stereocenters. The van der Waals surface area contributed by atoms with E-state index in [1.54, 1.807) is 18.2 Å². The molecule has 0 bridgehead atoms. The molecule has 4 aromatic rings. The van der Waals surface area contributed by atoms with Gasteiger partial charge < -0.3 is 20.0 Å². The van der Waals surface area contributed by atoms with Crippen LogP contribution >= 0.6 is 45.2 Å². The van der Waals surface area contributed by atoms with E-state index < -0.39 is 5.97 Å². The Morgan fingerprint density at radius 3 is 1.12 bits per heavy atom. The summed E-state index contributed by atoms with van der Waals surface area (Å²) in [7, 11) is 3.88. The number of aliphatic hydroxyl groups is 1. The Bertz CT molecular complexity index is 1270. The molecule has 0 aliphatic rings. The van der Waals surface area contributed by atoms with Crippen LogP contribution in [-0.2, 0) is 6.61 Å². The first kappa shape index (κ1) is 60.5. The van der Waals surface area contributed by atoms with Crippen LogP contribution in [-0.4, -0.2) is 30.3 Å². The van der Waals surface area contributed by atoms with Crippen LogP contribution in [0.5, 0.6) is 0 Å². The Hall–Kier alpha value is -2.63. The molecule has 5 nitrogen and oxygen atoms in total. The standard InChI is InChI=1S/C14H12INO2.C14H14INO.8C2H6/c1-16(11-8-6-10(15)7-9-11)13-5-3-2-4-12(13)14(17)18;1-16(13-8-6-12(15)7-9-13)14-5-3-2-4-11(14)10-17;8*1-2/h2-9H,1H3,(H,17,18);2-9,17H,10H2,1H3;8*1-2H3. The number of anilines is 4. The van der Waals surface area contributed by atoms with Gasteiger partial charge in [-0.05, 0) is 112 Å². The Balaban J connectivity index is -0.000000143. The molecule has 0 fully saturated rings. The predicted molar refractivity (Wildman–Crippen MR) is 251 cm³/mol. The quantitative estimate of drug-likeness (QED) is 0.189. The lowest BCUT2D eigenvalue weighted by molar-refractivity contribution is 0.0697. The van der Waals surface area contributed by atoms with Crippen molar-refractivity contribution in [2.45, 2.75) is 117 Å². The van der Waals surface area contributed by atoms with E-state index in [0.717, 1.165) is 26.2 Å². The van der Waals surface area contributed by atoms with E-state index >= 15 is 0 Å². The minimum absolute atomic E-state index is 0.0604. The highest BCUT2D eigenvalue weighted by Crippen LogP contribution is 2.28. The zero-order chi connectivity index (χ0) is 41.4. The zero-order valence-corrected chi connectivity index (χ0v) is 39.7. The van der Waals surface area contributed by atoms with Crippen molar-refractivity contribution in [1.82, 2.24) is 0 Å². The largest absolute Gasteiger partial charge is 0.478 e. The van der Waals surface area contributed by atoms with Crippen LogP contribution in [0, 0.1) is 7.14 Å². The summed E-state index contributed by atoms with van der Waals surface area (Å²) in [5.41, 5.74) is 5.05. The maximum atomic E-state index is 11.2. The number of carboxylic acid groups (broad SMARTS) is 1. The Kier molecular flexibility index (Phi) is 53.8. The summed E-state index contributed by atoms with van der Waals surface area (Å²) >= 11 is 4.53. The van der Waals surface area contributed by atoms with Gasteiger partial charge in [0.25, 0.3) is 0 Å². The van der Waals surface area contributed by atoms with Gasteiger partial charge in [-0.1, -0.05) is 141 Å². The van der Waals surface area contributed by atoms with Crippen LogP contribution in [0.2, 0.25) is 0 Å². The molecule has 7 heteroatoms. The molecule has 0 saturated carbocycles. The van der Waals surface area contributed by atoms with Gasteiger partial charge in [0.2, 0.25) is 0 Å². The number of carbonyl (C=O) groups is 1. The second-order valence-electron chi connectivity index (χ2n) is 7.68. The second-order valence-corrected chi connectivity index (χ2v) is 10.2. The Labute approximate surface area is 343 Å². The van der Waals surface area contributed by atoms with Crippen molar-refractivity contribution >= 4 is 73.9 Å². The summed E-state index contributed by atoms with van der Waals surface area (Å²) in [4.78, 5) is 15.1. The molecule has 292 valence electrons. The van der Waals surface area contributed by atoms with Crippen LogP contribution in [0.15, 0.2) is 97.1 Å². The van der Waals surface area contributed by atoms with E-state index in [4.69, 9.17) is 0 Å². The minimum atomic E-state index is -0.914. The van der Waals surface area contributed by atoms with E-state index in [0.29, 0.717) is 11.3 Å². The molecule has 0 amide bonds. The molecule has 0 saturated heterocycles. The Morgan fingerprint density at radius 2 is 0.784 bits per heavy atom. The van der Waals surface area contributed by atoms with Crippen molar-refractivity contribution < 1.29 is 15.0 Å². The van der Waals surface area contributed by atoms with E-state index in [-0.39, 0.29) is 6.61 Å². The first-order valence-electron chi connectivity index (χ1n) is 18.8. The smallest absolute Gasteiger partial charge is 0.337 e. The first-order chi connectivity index (χ1) is 24.8. The van der Waals surface area contributed by atoms with Crippen LogP contribution < -0.4 is 9.80 Å². The van der Waals surface area contributed by atoms with Crippen molar-refractivity contribution in [1.29, 1.82) is 0 Å². The average molecular weight is 933 g/mol. The van der Waals surface area contributed by atoms with Gasteiger partial charge in [0, 0.05) is 43.9 Å². The maximum absolute atomic E-state index is 11.2. The first-order valence-corrected chi connectivity index (χ1v) is 21.0. The van der Waals surface area contributed by atoms with Gasteiger partial charge in [-0.25, -0.2) is 4.79 Å². The van der Waals surface area contributed by atoms with Crippen LogP contribution in [0.3, 0.4) is 0 Å². The normalized spacial score (nSPS) is 7.94. The van der Waals surface area contributed by atoms with Crippen molar-refractivity contribution in [2.24, 2.45) is 0 Å². The number of nitrogens with zero attached hydrogens (tertiary/aromatic N) is 2. The summed E-state index contributed by atoms with van der Waals surface area (Å²) < 4.78 is 2.37. The molecule has 0 aromatic heterocycles. The van der Waals surface area contributed by atoms with E-state index in [2.05, 4.69) is 74.3 Å². The van der Waals surface area contributed by atoms with Gasteiger partial charge >= 0.3 is 5.97 Å². The molecule has 0 unspecified atom stereocenters. The third-order valence-corrected chi connectivity index (χ3v) is 6.89. The zero-order valence-electron chi connectivity index (χ0n) is 35.4. The lowest BCUT2D eigenvalue weighted by Gasteiger charge is -2.22. The van der Waals surface area contributed by atoms with E-state index in [9.17, 15) is 15.0 Å². The molecular formula is C44H74I2N2O3. The Morgan fingerprint density at radius 1 is 0.490 bits per heavy atom. The molecule has 0 aliphatic heterocycles. The van der Waals surface area contributed by atoms with Crippen molar-refractivity contribution in [3.05, 3.63) is 115 Å². The van der Waals surface area contributed by atoms with E-state index in [1.165, 1.54) is 3.57 Å². The maximum Gasteiger partial charge on any atom is 0.337 e. The monoisotopic (exact) mass is 932 g/mol. The third-order valence-electron chi connectivity index (χ3n) is 5.45. The summed E-state index contributed by atoms with van der Waals surface area (Å²) in [6, 6.07) is 31.1. The number of aliphatic hydroxyl groups excluding tert-OH is 1. The number of carboxylic acids is 1. The van der Waals surface area contributed by atoms with Gasteiger partial charge in [0.15, 0.2) is 0 Å². The fourth-order valence-electron chi connectivity index (χ4n) is 3.53. The van der Waals surface area contributed by atoms with Crippen molar-refractivity contribution in [3.8, 4) is 0 Å². The summed E-state index contributed by atoms with van der Waals surface area (Å²) in [5.74, 6) is -0.914. The number of halogens is 2. The van der Waals surface area contributed by atoms with Crippen molar-refractivity contribution in [2.75, 3.05) is 23.9 Å². The average Bonchev–Trinajstić information content (AvgIpc) is 3.24. The van der Waals surface area contributed by atoms with Gasteiger partial charge in [0.1, 0.15) is 0 Å². The highest BCUT2D eigenvalue weighted by molar-refractivity contribution is 14.1. The van der Waals surface area contributed by atoms with Crippen LogP contribution in [0.4, 0.5) is 22.7 Å². The van der Waals surface area contributed by atoms with E-state index in [1.807, 2.05) is 184 Å². The fourth-order valence-corrected chi connectivity index (χ4v) is 4.25. The molecule has 0 heterocycles. The molecule has 0 aliphatic carbocycles. The van der Waals surface area contributed by atoms with Gasteiger partial charge in [-0.15, -0.1) is 0 Å². The number of hydrogen-bond donors (Lipinski definition) is 2. The molecule has 4 aromatic carbocycles. The summed E-state index contributed by atoms with van der Waals surface area (Å²) in [5, 5.41) is 18.5. The molecule has 0 spiro atoms. The highest BCUT2D eigenvalue weighted by Gasteiger charge is 2.13. The molecule has 51 heavy (non-hydrogen) atoms. The van der Waals surface area contributed by atoms with Gasteiger partial charge in [0.05, 0.1) is 17.9 Å². The molecule has 2 N–H and O–H groups in total. The lowest BCUT2D eigenvalue weighted by atomic mass is 10.1. The summed E-state index contributed by atoms with van der Waals surface area (Å²) in [6.45, 7) is 32.1. The number of hydrogen-bond acceptors (Lipinski definition) is 4. The number of benzene rings is 4. The third kappa shape index (κ3) is 25.9. The van der Waals surface area contributed by atoms with Gasteiger partial charge in [-0.3, -0.25) is 0 Å². The highest BCUT2D eigenvalue weighted by atomic mass is 127. The second kappa shape index (κ2) is 45.4. The number of aromatic carboxylic acids is 1. The summed E-state index contributed by atoms with van der Waals surface area (Å²) in [6.07, 6.45) is 0. The number of rotatable bonds is 6. The minimum Gasteiger partial charge on any atom is -0.478 e. The van der Waals surface area contributed by atoms with Crippen LogP contribution in [0.1, 0.15) is 127 Å². The lowest BCUT2D eigenvalue weighted by Crippen LogP contribution is -2.13. The van der Waals surface area contributed by atoms with Gasteiger partial charge in [-0.2, -0.15) is 0 Å². The molecular weight excluding hydrogens is 858 g/mol. The predicted octanol–water partition coefficient (Wildman–Crippen LogP) is 15.5. The topological polar surface area (TPSA) is 64.0 Å². The molecule has 0 radical (unpaired) electrons. The van der Waals surface area contributed by atoms with Crippen LogP contribution in [0.25, 0.3) is 0 Å². The molecule has 4 rings (SSSR count). The number of para-hydroxylation sites is 2.